The minimum absolute atomic E-state index is 0.0455. The van der Waals surface area contributed by atoms with Crippen LogP contribution in [-0.2, 0) is 9.53 Å². The molecule has 1 aromatic carbocycles. The van der Waals surface area contributed by atoms with Gasteiger partial charge in [-0.05, 0) is 12.1 Å². The van der Waals surface area contributed by atoms with Crippen LogP contribution in [0.1, 0.15) is 0 Å². The second-order valence-corrected chi connectivity index (χ2v) is 2.90. The van der Waals surface area contributed by atoms with Crippen LogP contribution >= 0.6 is 0 Å². The first kappa shape index (κ1) is 11.5. The number of esters is 1. The normalized spacial score (nSPS) is 11.9. The van der Waals surface area contributed by atoms with Crippen molar-refractivity contribution in [3.05, 3.63) is 30.1 Å². The van der Waals surface area contributed by atoms with Gasteiger partial charge in [0, 0.05) is 6.07 Å². The number of nitrogens with two attached hydrogens (primary N) is 1. The van der Waals surface area contributed by atoms with Gasteiger partial charge in [0.25, 0.3) is 0 Å². The minimum Gasteiger partial charge on any atom is -0.491 e. The van der Waals surface area contributed by atoms with Crippen molar-refractivity contribution < 1.29 is 18.7 Å². The lowest BCUT2D eigenvalue weighted by molar-refractivity contribution is -0.142. The van der Waals surface area contributed by atoms with Gasteiger partial charge >= 0.3 is 5.97 Å². The summed E-state index contributed by atoms with van der Waals surface area (Å²) in [4.78, 5) is 10.9. The van der Waals surface area contributed by atoms with Gasteiger partial charge in [0.1, 0.15) is 24.2 Å². The van der Waals surface area contributed by atoms with Crippen LogP contribution < -0.4 is 10.5 Å². The highest BCUT2D eigenvalue weighted by Crippen LogP contribution is 2.11. The van der Waals surface area contributed by atoms with E-state index in [1.807, 2.05) is 0 Å². The Hall–Kier alpha value is -1.62. The topological polar surface area (TPSA) is 61.5 Å². The maximum Gasteiger partial charge on any atom is 0.326 e. The van der Waals surface area contributed by atoms with E-state index in [9.17, 15) is 9.18 Å². The maximum absolute atomic E-state index is 12.7. The Morgan fingerprint density at radius 2 is 2.33 bits per heavy atom. The summed E-state index contributed by atoms with van der Waals surface area (Å²) in [7, 11) is 1.24. The molecule has 5 heteroatoms. The lowest BCUT2D eigenvalue weighted by atomic mass is 10.3. The number of hydrogen-bond donors (Lipinski definition) is 1. The van der Waals surface area contributed by atoms with E-state index in [4.69, 9.17) is 10.5 Å². The molecule has 0 heterocycles. The zero-order valence-electron chi connectivity index (χ0n) is 8.27. The molecule has 1 aromatic rings. The van der Waals surface area contributed by atoms with Gasteiger partial charge in [-0.2, -0.15) is 0 Å². The predicted octanol–water partition coefficient (Wildman–Crippen LogP) is 0.705. The third-order valence-electron chi connectivity index (χ3n) is 1.73. The molecule has 0 aliphatic heterocycles. The Morgan fingerprint density at radius 3 is 2.93 bits per heavy atom. The third-order valence-corrected chi connectivity index (χ3v) is 1.73. The Labute approximate surface area is 86.8 Å². The molecule has 0 saturated heterocycles. The molecule has 0 amide bonds. The van der Waals surface area contributed by atoms with Crippen molar-refractivity contribution in [2.45, 2.75) is 6.04 Å². The average Bonchev–Trinajstić information content (AvgIpc) is 2.25. The van der Waals surface area contributed by atoms with Gasteiger partial charge in [-0.1, -0.05) is 6.07 Å². The quantitative estimate of drug-likeness (QED) is 0.748. The summed E-state index contributed by atoms with van der Waals surface area (Å²) >= 11 is 0. The van der Waals surface area contributed by atoms with Crippen LogP contribution in [0.3, 0.4) is 0 Å². The van der Waals surface area contributed by atoms with E-state index >= 15 is 0 Å². The molecule has 0 bridgehead atoms. The second kappa shape index (κ2) is 5.31. The molecule has 0 radical (unpaired) electrons. The molecule has 2 N–H and O–H groups in total. The largest absolute Gasteiger partial charge is 0.491 e. The molecule has 1 atom stereocenters. The van der Waals surface area contributed by atoms with Crippen LogP contribution in [0, 0.1) is 5.82 Å². The van der Waals surface area contributed by atoms with E-state index in [2.05, 4.69) is 4.74 Å². The van der Waals surface area contributed by atoms with Gasteiger partial charge in [-0.15, -0.1) is 0 Å². The lowest BCUT2D eigenvalue weighted by Gasteiger charge is -2.10. The summed E-state index contributed by atoms with van der Waals surface area (Å²) in [6, 6.07) is 4.73. The molecule has 0 aliphatic rings. The fourth-order valence-electron chi connectivity index (χ4n) is 0.962. The zero-order valence-corrected chi connectivity index (χ0v) is 8.27. The third kappa shape index (κ3) is 3.55. The summed E-state index contributed by atoms with van der Waals surface area (Å²) in [5.41, 5.74) is 5.42. The molecule has 15 heavy (non-hydrogen) atoms. The van der Waals surface area contributed by atoms with Gasteiger partial charge in [-0.25, -0.2) is 4.39 Å². The number of methoxy groups -OCH3 is 1. The van der Waals surface area contributed by atoms with Crippen LogP contribution in [0.4, 0.5) is 4.39 Å². The summed E-state index contributed by atoms with van der Waals surface area (Å²) in [5, 5.41) is 0. The number of benzene rings is 1. The summed E-state index contributed by atoms with van der Waals surface area (Å²) in [6.07, 6.45) is 0. The number of ether oxygens (including phenoxy) is 2. The highest BCUT2D eigenvalue weighted by Gasteiger charge is 2.14. The first-order valence-electron chi connectivity index (χ1n) is 4.35. The Balaban J connectivity index is 2.47. The number of rotatable bonds is 4. The molecule has 0 aliphatic carbocycles. The fraction of sp³-hybridized carbons (Fsp3) is 0.300. The molecule has 1 rings (SSSR count). The second-order valence-electron chi connectivity index (χ2n) is 2.90. The molecule has 0 fully saturated rings. The molecule has 1 unspecified atom stereocenters. The SMILES string of the molecule is COC(=O)C(N)COc1cccc(F)c1. The van der Waals surface area contributed by atoms with Gasteiger partial charge in [0.15, 0.2) is 0 Å². The number of carbonyl (C=O) groups is 1. The molecule has 0 spiro atoms. The minimum atomic E-state index is -0.863. The lowest BCUT2D eigenvalue weighted by Crippen LogP contribution is -2.37. The van der Waals surface area contributed by atoms with E-state index in [1.165, 1.54) is 25.3 Å². The summed E-state index contributed by atoms with van der Waals surface area (Å²) < 4.78 is 22.2. The summed E-state index contributed by atoms with van der Waals surface area (Å²) in [5.74, 6) is -0.639. The zero-order chi connectivity index (χ0) is 11.3. The van der Waals surface area contributed by atoms with Crippen molar-refractivity contribution >= 4 is 5.97 Å². The van der Waals surface area contributed by atoms with Crippen molar-refractivity contribution in [1.29, 1.82) is 0 Å². The Kier molecular flexibility index (Phi) is 4.05. The number of carbonyl (C=O) groups excluding carboxylic acids is 1. The first-order chi connectivity index (χ1) is 7.13. The highest BCUT2D eigenvalue weighted by molar-refractivity contribution is 5.75. The molecule has 4 nitrogen and oxygen atoms in total. The molecule has 82 valence electrons. The number of halogens is 1. The summed E-state index contributed by atoms with van der Waals surface area (Å²) in [6.45, 7) is -0.0455. The molecular formula is C10H12FNO3. The van der Waals surface area contributed by atoms with Crippen LogP contribution in [0.5, 0.6) is 5.75 Å². The smallest absolute Gasteiger partial charge is 0.326 e. The maximum atomic E-state index is 12.7. The van der Waals surface area contributed by atoms with Gasteiger partial charge in [0.05, 0.1) is 7.11 Å². The highest BCUT2D eigenvalue weighted by atomic mass is 19.1. The molecule has 0 aromatic heterocycles. The van der Waals surface area contributed by atoms with E-state index in [-0.39, 0.29) is 6.61 Å². The monoisotopic (exact) mass is 213 g/mol. The fourth-order valence-corrected chi connectivity index (χ4v) is 0.962. The number of hydrogen-bond acceptors (Lipinski definition) is 4. The van der Waals surface area contributed by atoms with Crippen molar-refractivity contribution in [3.63, 3.8) is 0 Å². The van der Waals surface area contributed by atoms with Crippen LogP contribution in [0.2, 0.25) is 0 Å². The van der Waals surface area contributed by atoms with Crippen molar-refractivity contribution in [3.8, 4) is 5.75 Å². The average molecular weight is 213 g/mol. The van der Waals surface area contributed by atoms with Crippen molar-refractivity contribution in [2.24, 2.45) is 5.73 Å². The van der Waals surface area contributed by atoms with Crippen LogP contribution in [0.15, 0.2) is 24.3 Å². The Morgan fingerprint density at radius 1 is 1.60 bits per heavy atom. The van der Waals surface area contributed by atoms with Crippen LogP contribution in [0.25, 0.3) is 0 Å². The first-order valence-corrected chi connectivity index (χ1v) is 4.35. The van der Waals surface area contributed by atoms with Crippen molar-refractivity contribution in [1.82, 2.24) is 0 Å². The van der Waals surface area contributed by atoms with E-state index in [1.54, 1.807) is 6.07 Å². The van der Waals surface area contributed by atoms with E-state index < -0.39 is 17.8 Å². The van der Waals surface area contributed by atoms with Gasteiger partial charge in [0.2, 0.25) is 0 Å². The van der Waals surface area contributed by atoms with Crippen molar-refractivity contribution in [2.75, 3.05) is 13.7 Å². The van der Waals surface area contributed by atoms with Gasteiger partial charge in [-0.3, -0.25) is 4.79 Å². The Bertz CT molecular complexity index is 343. The van der Waals surface area contributed by atoms with E-state index in [0.717, 1.165) is 0 Å². The molecule has 0 saturated carbocycles. The van der Waals surface area contributed by atoms with Gasteiger partial charge < -0.3 is 15.2 Å². The molecular weight excluding hydrogens is 201 g/mol. The van der Waals surface area contributed by atoms with E-state index in [0.29, 0.717) is 5.75 Å². The van der Waals surface area contributed by atoms with Crippen LogP contribution in [-0.4, -0.2) is 25.7 Å². The standard InChI is InChI=1S/C10H12FNO3/c1-14-10(13)9(12)6-15-8-4-2-3-7(11)5-8/h2-5,9H,6,12H2,1H3. The predicted molar refractivity (Wildman–Crippen MR) is 51.9 cm³/mol.